The number of nitrogens with zero attached hydrogens (tertiary/aromatic N) is 1. The maximum absolute atomic E-state index is 6.07. The largest absolute Gasteiger partial charge is 0.398 e. The quantitative estimate of drug-likeness (QED) is 0.831. The molecule has 0 amide bonds. The average molecular weight is 264 g/mol. The molecule has 0 unspecified atom stereocenters. The predicted molar refractivity (Wildman–Crippen MR) is 82.0 cm³/mol. The second kappa shape index (κ2) is 5.54. The Hall–Kier alpha value is -0.670. The Bertz CT molecular complexity index is 415. The molecule has 0 atom stereocenters. The molecule has 0 aliphatic carbocycles. The molecule has 2 nitrogen and oxygen atoms in total. The molecule has 0 bridgehead atoms. The van der Waals surface area contributed by atoms with E-state index in [1.807, 2.05) is 6.07 Å². The van der Waals surface area contributed by atoms with Crippen LogP contribution in [0.25, 0.3) is 0 Å². The Morgan fingerprint density at radius 3 is 2.89 bits per heavy atom. The third-order valence-corrected chi connectivity index (χ3v) is 5.00. The summed E-state index contributed by atoms with van der Waals surface area (Å²) in [6.07, 6.45) is 1.25. The molecular weight excluding hydrogens is 240 g/mol. The molecule has 1 saturated heterocycles. The maximum Gasteiger partial charge on any atom is 0.0359 e. The summed E-state index contributed by atoms with van der Waals surface area (Å²) in [5.74, 6) is 1.22. The second-order valence-corrected chi connectivity index (χ2v) is 7.64. The van der Waals surface area contributed by atoms with E-state index in [2.05, 4.69) is 49.6 Å². The van der Waals surface area contributed by atoms with E-state index in [1.165, 1.54) is 36.4 Å². The molecule has 2 N–H and O–H groups in total. The van der Waals surface area contributed by atoms with Crippen LogP contribution < -0.4 is 5.73 Å². The number of thioether (sulfide) groups is 1. The number of anilines is 1. The van der Waals surface area contributed by atoms with E-state index in [-0.39, 0.29) is 0 Å². The van der Waals surface area contributed by atoms with E-state index in [0.29, 0.717) is 4.75 Å². The minimum absolute atomic E-state index is 0.424. The van der Waals surface area contributed by atoms with Gasteiger partial charge in [-0.1, -0.05) is 31.5 Å². The van der Waals surface area contributed by atoms with Gasteiger partial charge in [-0.05, 0) is 31.5 Å². The summed E-state index contributed by atoms with van der Waals surface area (Å²) in [5.41, 5.74) is 9.57. The van der Waals surface area contributed by atoms with Crippen molar-refractivity contribution in [1.29, 1.82) is 0 Å². The summed E-state index contributed by atoms with van der Waals surface area (Å²) in [6, 6.07) is 6.33. The summed E-state index contributed by atoms with van der Waals surface area (Å²) in [4.78, 5) is 2.53. The minimum atomic E-state index is 0.424. The van der Waals surface area contributed by atoms with Crippen LogP contribution in [0.1, 0.15) is 31.4 Å². The van der Waals surface area contributed by atoms with Crippen molar-refractivity contribution in [1.82, 2.24) is 4.90 Å². The van der Waals surface area contributed by atoms with E-state index in [4.69, 9.17) is 5.73 Å². The van der Waals surface area contributed by atoms with Crippen LogP contribution in [-0.2, 0) is 6.54 Å². The van der Waals surface area contributed by atoms with Crippen molar-refractivity contribution in [2.45, 2.75) is 38.5 Å². The van der Waals surface area contributed by atoms with Crippen molar-refractivity contribution in [3.8, 4) is 0 Å². The fourth-order valence-electron chi connectivity index (χ4n) is 2.33. The Labute approximate surface area is 115 Å². The summed E-state index contributed by atoms with van der Waals surface area (Å²) < 4.78 is 0.424. The first-order valence-electron chi connectivity index (χ1n) is 6.68. The molecule has 18 heavy (non-hydrogen) atoms. The molecule has 1 aromatic rings. The Kier molecular flexibility index (Phi) is 4.23. The topological polar surface area (TPSA) is 29.3 Å². The highest BCUT2D eigenvalue weighted by Gasteiger charge is 2.23. The lowest BCUT2D eigenvalue weighted by Gasteiger charge is -2.23. The van der Waals surface area contributed by atoms with E-state index in [9.17, 15) is 0 Å². The van der Waals surface area contributed by atoms with Gasteiger partial charge in [0.2, 0.25) is 0 Å². The standard InChI is InChI=1S/C15H24N2S/c1-12-4-5-14(16)13(10-12)11-17-7-6-15(2,3)18-9-8-17/h4-5,10H,6-9,11,16H2,1-3H3. The molecule has 0 radical (unpaired) electrons. The van der Waals surface area contributed by atoms with Crippen molar-refractivity contribution < 1.29 is 0 Å². The number of hydrogen-bond acceptors (Lipinski definition) is 3. The zero-order chi connectivity index (χ0) is 13.2. The first-order chi connectivity index (χ1) is 8.46. The molecule has 1 aliphatic rings. The van der Waals surface area contributed by atoms with Gasteiger partial charge in [0.15, 0.2) is 0 Å². The van der Waals surface area contributed by atoms with Crippen LogP contribution >= 0.6 is 11.8 Å². The lowest BCUT2D eigenvalue weighted by molar-refractivity contribution is 0.277. The second-order valence-electron chi connectivity index (χ2n) is 5.84. The lowest BCUT2D eigenvalue weighted by Crippen LogP contribution is -2.27. The van der Waals surface area contributed by atoms with Crippen LogP contribution in [0.2, 0.25) is 0 Å². The minimum Gasteiger partial charge on any atom is -0.398 e. The molecule has 1 aliphatic heterocycles. The molecule has 0 spiro atoms. The van der Waals surface area contributed by atoms with Crippen molar-refractivity contribution in [2.24, 2.45) is 0 Å². The van der Waals surface area contributed by atoms with Crippen LogP contribution in [0.15, 0.2) is 18.2 Å². The molecule has 100 valence electrons. The summed E-state index contributed by atoms with van der Waals surface area (Å²) >= 11 is 2.09. The first kappa shape index (κ1) is 13.8. The third kappa shape index (κ3) is 3.66. The Balaban J connectivity index is 2.03. The molecule has 0 saturated carbocycles. The van der Waals surface area contributed by atoms with Crippen molar-refractivity contribution in [2.75, 3.05) is 24.6 Å². The molecule has 1 heterocycles. The van der Waals surface area contributed by atoms with Crippen LogP contribution in [0.4, 0.5) is 5.69 Å². The van der Waals surface area contributed by atoms with Gasteiger partial charge < -0.3 is 5.73 Å². The lowest BCUT2D eigenvalue weighted by atomic mass is 10.1. The summed E-state index contributed by atoms with van der Waals surface area (Å²) in [7, 11) is 0. The van der Waals surface area contributed by atoms with E-state index in [1.54, 1.807) is 0 Å². The van der Waals surface area contributed by atoms with Gasteiger partial charge in [-0.3, -0.25) is 4.90 Å². The number of hydrogen-bond donors (Lipinski definition) is 1. The zero-order valence-corrected chi connectivity index (χ0v) is 12.5. The number of benzene rings is 1. The van der Waals surface area contributed by atoms with Gasteiger partial charge in [0, 0.05) is 29.3 Å². The van der Waals surface area contributed by atoms with E-state index >= 15 is 0 Å². The number of nitrogens with two attached hydrogens (primary N) is 1. The normalized spacial score (nSPS) is 20.6. The number of rotatable bonds is 2. The zero-order valence-electron chi connectivity index (χ0n) is 11.7. The highest BCUT2D eigenvalue weighted by Crippen LogP contribution is 2.31. The summed E-state index contributed by atoms with van der Waals surface area (Å²) in [5, 5.41) is 0. The molecule has 1 fully saturated rings. The number of nitrogen functional groups attached to an aromatic ring is 1. The van der Waals surface area contributed by atoms with Crippen molar-refractivity contribution >= 4 is 17.4 Å². The fraction of sp³-hybridized carbons (Fsp3) is 0.600. The predicted octanol–water partition coefficient (Wildman–Crippen LogP) is 3.29. The maximum atomic E-state index is 6.07. The van der Waals surface area contributed by atoms with Gasteiger partial charge >= 0.3 is 0 Å². The van der Waals surface area contributed by atoms with Crippen molar-refractivity contribution in [3.05, 3.63) is 29.3 Å². The van der Waals surface area contributed by atoms with Crippen LogP contribution in [0.3, 0.4) is 0 Å². The van der Waals surface area contributed by atoms with E-state index < -0.39 is 0 Å². The average Bonchev–Trinajstić information content (AvgIpc) is 2.46. The van der Waals surface area contributed by atoms with Crippen molar-refractivity contribution in [3.63, 3.8) is 0 Å². The molecule has 1 aromatic carbocycles. The van der Waals surface area contributed by atoms with E-state index in [0.717, 1.165) is 12.2 Å². The van der Waals surface area contributed by atoms with Gasteiger partial charge in [0.1, 0.15) is 0 Å². The molecular formula is C15H24N2S. The molecule has 3 heteroatoms. The van der Waals surface area contributed by atoms with Crippen LogP contribution in [0, 0.1) is 6.92 Å². The van der Waals surface area contributed by atoms with Gasteiger partial charge in [-0.25, -0.2) is 0 Å². The number of aryl methyl sites for hydroxylation is 1. The first-order valence-corrected chi connectivity index (χ1v) is 7.66. The Morgan fingerprint density at radius 2 is 2.11 bits per heavy atom. The highest BCUT2D eigenvalue weighted by molar-refractivity contribution is 8.00. The summed E-state index contributed by atoms with van der Waals surface area (Å²) in [6.45, 7) is 10.2. The van der Waals surface area contributed by atoms with Gasteiger partial charge in [0.05, 0.1) is 0 Å². The van der Waals surface area contributed by atoms with Gasteiger partial charge in [-0.15, -0.1) is 0 Å². The monoisotopic (exact) mass is 264 g/mol. The smallest absolute Gasteiger partial charge is 0.0359 e. The van der Waals surface area contributed by atoms with Gasteiger partial charge in [-0.2, -0.15) is 11.8 Å². The van der Waals surface area contributed by atoms with Crippen LogP contribution in [-0.4, -0.2) is 28.5 Å². The fourth-order valence-corrected chi connectivity index (χ4v) is 3.47. The Morgan fingerprint density at radius 1 is 1.33 bits per heavy atom. The molecule has 0 aromatic heterocycles. The SMILES string of the molecule is Cc1ccc(N)c(CN2CCSC(C)(C)CC2)c1. The van der Waals surface area contributed by atoms with Crippen LogP contribution in [0.5, 0.6) is 0 Å². The molecule has 2 rings (SSSR count). The highest BCUT2D eigenvalue weighted by atomic mass is 32.2. The third-order valence-electron chi connectivity index (χ3n) is 3.62. The van der Waals surface area contributed by atoms with Gasteiger partial charge in [0.25, 0.3) is 0 Å².